The minimum Gasteiger partial charge on any atom is -0.497 e. The van der Waals surface area contributed by atoms with Gasteiger partial charge < -0.3 is 14.4 Å². The highest BCUT2D eigenvalue weighted by molar-refractivity contribution is 7.99. The van der Waals surface area contributed by atoms with Gasteiger partial charge in [-0.05, 0) is 44.5 Å². The molecule has 1 amide bonds. The summed E-state index contributed by atoms with van der Waals surface area (Å²) in [5.41, 5.74) is 2.87. The van der Waals surface area contributed by atoms with Crippen molar-refractivity contribution in [3.63, 3.8) is 0 Å². The average Bonchev–Trinajstić information content (AvgIpc) is 3.07. The number of ether oxygens (including phenoxy) is 2. The summed E-state index contributed by atoms with van der Waals surface area (Å²) in [5, 5.41) is 10.4. The van der Waals surface area contributed by atoms with Gasteiger partial charge in [-0.25, -0.2) is 0 Å². The number of pyridine rings is 1. The van der Waals surface area contributed by atoms with Gasteiger partial charge in [0.1, 0.15) is 5.75 Å². The SMILES string of the molecule is COc1ccc2c(C)cc3nnc(SCC(=O)N4CC(C)OC(C)C4)n3c2c1. The third kappa shape index (κ3) is 3.54. The summed E-state index contributed by atoms with van der Waals surface area (Å²) in [6.45, 7) is 7.31. The predicted octanol–water partition coefficient (Wildman–Crippen LogP) is 2.93. The summed E-state index contributed by atoms with van der Waals surface area (Å²) in [6.07, 6.45) is 0.122. The molecule has 1 saturated heterocycles. The quantitative estimate of drug-likeness (QED) is 0.627. The molecule has 28 heavy (non-hydrogen) atoms. The zero-order valence-corrected chi connectivity index (χ0v) is 17.3. The van der Waals surface area contributed by atoms with Gasteiger partial charge in [-0.2, -0.15) is 0 Å². The number of aryl methyl sites for hydroxylation is 1. The molecule has 2 aromatic heterocycles. The van der Waals surface area contributed by atoms with Crippen molar-refractivity contribution >= 4 is 34.2 Å². The normalized spacial score (nSPS) is 20.1. The number of thioether (sulfide) groups is 1. The van der Waals surface area contributed by atoms with Gasteiger partial charge in [-0.15, -0.1) is 10.2 Å². The number of rotatable bonds is 4. The predicted molar refractivity (Wildman–Crippen MR) is 109 cm³/mol. The molecule has 8 heteroatoms. The van der Waals surface area contributed by atoms with Crippen molar-refractivity contribution in [3.05, 3.63) is 29.8 Å². The van der Waals surface area contributed by atoms with Crippen LogP contribution in [0.3, 0.4) is 0 Å². The summed E-state index contributed by atoms with van der Waals surface area (Å²) < 4.78 is 13.1. The number of hydrogen-bond donors (Lipinski definition) is 0. The molecule has 1 aromatic carbocycles. The third-order valence-corrected chi connectivity index (χ3v) is 5.89. The molecule has 0 radical (unpaired) electrons. The molecule has 0 N–H and O–H groups in total. The summed E-state index contributed by atoms with van der Waals surface area (Å²) >= 11 is 1.41. The van der Waals surface area contributed by atoms with Gasteiger partial charge in [-0.3, -0.25) is 9.20 Å². The maximum absolute atomic E-state index is 12.7. The Balaban J connectivity index is 1.62. The molecule has 2 unspecified atom stereocenters. The summed E-state index contributed by atoms with van der Waals surface area (Å²) in [5.74, 6) is 1.19. The number of benzene rings is 1. The van der Waals surface area contributed by atoms with Crippen LogP contribution in [0, 0.1) is 6.92 Å². The molecule has 3 aromatic rings. The Morgan fingerprint density at radius 1 is 1.25 bits per heavy atom. The maximum Gasteiger partial charge on any atom is 0.233 e. The van der Waals surface area contributed by atoms with Crippen LogP contribution in [0.4, 0.5) is 0 Å². The standard InChI is InChI=1S/C20H24N4O3S/c1-12-7-18-21-22-20(24(18)17-8-15(26-4)5-6-16(12)17)28-11-19(25)23-9-13(2)27-14(3)10-23/h5-8,13-14H,9-11H2,1-4H3. The number of fused-ring (bicyclic) bond motifs is 3. The first-order chi connectivity index (χ1) is 13.5. The van der Waals surface area contributed by atoms with E-state index in [-0.39, 0.29) is 18.1 Å². The molecule has 2 atom stereocenters. The van der Waals surface area contributed by atoms with Crippen LogP contribution in [0.15, 0.2) is 29.4 Å². The van der Waals surface area contributed by atoms with Crippen LogP contribution in [0.2, 0.25) is 0 Å². The Hall–Kier alpha value is -2.32. The Kier molecular flexibility index (Phi) is 5.16. The Morgan fingerprint density at radius 2 is 2.00 bits per heavy atom. The van der Waals surface area contributed by atoms with Crippen molar-refractivity contribution in [2.75, 3.05) is 26.0 Å². The van der Waals surface area contributed by atoms with Gasteiger partial charge in [0.25, 0.3) is 0 Å². The lowest BCUT2D eigenvalue weighted by atomic mass is 10.1. The van der Waals surface area contributed by atoms with Crippen LogP contribution in [-0.2, 0) is 9.53 Å². The summed E-state index contributed by atoms with van der Waals surface area (Å²) in [7, 11) is 1.65. The number of morpholine rings is 1. The number of carbonyl (C=O) groups excluding carboxylic acids is 1. The van der Waals surface area contributed by atoms with Gasteiger partial charge in [0, 0.05) is 24.5 Å². The second-order valence-corrected chi connectivity index (χ2v) is 8.17. The highest BCUT2D eigenvalue weighted by Crippen LogP contribution is 2.28. The van der Waals surface area contributed by atoms with Crippen molar-refractivity contribution in [2.24, 2.45) is 0 Å². The molecule has 0 bridgehead atoms. The molecule has 0 aliphatic carbocycles. The van der Waals surface area contributed by atoms with E-state index in [1.165, 1.54) is 11.8 Å². The van der Waals surface area contributed by atoms with Gasteiger partial charge >= 0.3 is 0 Å². The molecule has 7 nitrogen and oxygen atoms in total. The fraction of sp³-hybridized carbons (Fsp3) is 0.450. The van der Waals surface area contributed by atoms with Crippen LogP contribution in [0.25, 0.3) is 16.6 Å². The molecular formula is C20H24N4O3S. The second-order valence-electron chi connectivity index (χ2n) is 7.23. The zero-order chi connectivity index (χ0) is 19.8. The van der Waals surface area contributed by atoms with E-state index in [0.29, 0.717) is 24.0 Å². The van der Waals surface area contributed by atoms with E-state index < -0.39 is 0 Å². The average molecular weight is 401 g/mol. The Bertz CT molecular complexity index is 1030. The molecule has 0 spiro atoms. The van der Waals surface area contributed by atoms with Crippen LogP contribution < -0.4 is 4.74 Å². The van der Waals surface area contributed by atoms with Gasteiger partial charge in [0.2, 0.25) is 5.91 Å². The first-order valence-corrected chi connectivity index (χ1v) is 10.3. The van der Waals surface area contributed by atoms with E-state index >= 15 is 0 Å². The van der Waals surface area contributed by atoms with Gasteiger partial charge in [0.15, 0.2) is 10.8 Å². The molecular weight excluding hydrogens is 376 g/mol. The highest BCUT2D eigenvalue weighted by Gasteiger charge is 2.26. The molecule has 3 heterocycles. The maximum atomic E-state index is 12.7. The van der Waals surface area contributed by atoms with Crippen LogP contribution in [0.1, 0.15) is 19.4 Å². The molecule has 0 saturated carbocycles. The fourth-order valence-electron chi connectivity index (χ4n) is 3.72. The molecule has 148 valence electrons. The molecule has 1 aliphatic rings. The lowest BCUT2D eigenvalue weighted by Crippen LogP contribution is -2.48. The second kappa shape index (κ2) is 7.60. The van der Waals surface area contributed by atoms with Crippen molar-refractivity contribution in [1.82, 2.24) is 19.5 Å². The van der Waals surface area contributed by atoms with E-state index in [2.05, 4.69) is 17.1 Å². The summed E-state index contributed by atoms with van der Waals surface area (Å²) in [6, 6.07) is 7.98. The van der Waals surface area contributed by atoms with E-state index in [1.54, 1.807) is 7.11 Å². The highest BCUT2D eigenvalue weighted by atomic mass is 32.2. The Morgan fingerprint density at radius 3 is 2.71 bits per heavy atom. The smallest absolute Gasteiger partial charge is 0.233 e. The van der Waals surface area contributed by atoms with E-state index in [1.807, 2.05) is 47.4 Å². The third-order valence-electron chi connectivity index (χ3n) is 4.97. The minimum absolute atomic E-state index is 0.0611. The summed E-state index contributed by atoms with van der Waals surface area (Å²) in [4.78, 5) is 14.6. The lowest BCUT2D eigenvalue weighted by molar-refractivity contribution is -0.140. The number of amides is 1. The molecule has 4 rings (SSSR count). The molecule has 1 aliphatic heterocycles. The van der Waals surface area contributed by atoms with Crippen molar-refractivity contribution < 1.29 is 14.3 Å². The number of aromatic nitrogens is 3. The van der Waals surface area contributed by atoms with Crippen LogP contribution in [0.5, 0.6) is 5.75 Å². The van der Waals surface area contributed by atoms with Crippen molar-refractivity contribution in [3.8, 4) is 5.75 Å². The van der Waals surface area contributed by atoms with Gasteiger partial charge in [0.05, 0.1) is 30.6 Å². The minimum atomic E-state index is 0.0611. The van der Waals surface area contributed by atoms with Crippen molar-refractivity contribution in [2.45, 2.75) is 38.1 Å². The van der Waals surface area contributed by atoms with Crippen LogP contribution in [-0.4, -0.2) is 63.6 Å². The number of carbonyl (C=O) groups is 1. The van der Waals surface area contributed by atoms with Gasteiger partial charge in [-0.1, -0.05) is 11.8 Å². The number of nitrogens with zero attached hydrogens (tertiary/aromatic N) is 4. The Labute approximate surface area is 168 Å². The number of hydrogen-bond acceptors (Lipinski definition) is 6. The monoisotopic (exact) mass is 400 g/mol. The number of methoxy groups -OCH3 is 1. The van der Waals surface area contributed by atoms with Crippen LogP contribution >= 0.6 is 11.8 Å². The fourth-order valence-corrected chi connectivity index (χ4v) is 4.58. The van der Waals surface area contributed by atoms with Crippen molar-refractivity contribution in [1.29, 1.82) is 0 Å². The first-order valence-electron chi connectivity index (χ1n) is 9.34. The topological polar surface area (TPSA) is 69.0 Å². The van der Waals surface area contributed by atoms with E-state index in [4.69, 9.17) is 9.47 Å². The largest absolute Gasteiger partial charge is 0.497 e. The first kappa shape index (κ1) is 19.0. The van der Waals surface area contributed by atoms with E-state index in [0.717, 1.165) is 27.9 Å². The zero-order valence-electron chi connectivity index (χ0n) is 16.5. The molecule has 1 fully saturated rings. The van der Waals surface area contributed by atoms with E-state index in [9.17, 15) is 4.79 Å². The lowest BCUT2D eigenvalue weighted by Gasteiger charge is -2.35.